The fraction of sp³-hybridized carbons (Fsp3) is 0.222. The predicted molar refractivity (Wildman–Crippen MR) is 84.1 cm³/mol. The van der Waals surface area contributed by atoms with E-state index in [1.54, 1.807) is 6.08 Å². The van der Waals surface area contributed by atoms with Crippen LogP contribution in [0.1, 0.15) is 17.0 Å². The highest BCUT2D eigenvalue weighted by molar-refractivity contribution is 5.46. The van der Waals surface area contributed by atoms with Crippen molar-refractivity contribution in [2.24, 2.45) is 0 Å². The quantitative estimate of drug-likeness (QED) is 0.694. The van der Waals surface area contributed by atoms with Gasteiger partial charge in [-0.1, -0.05) is 36.4 Å². The van der Waals surface area contributed by atoms with Crippen molar-refractivity contribution in [3.05, 3.63) is 78.4 Å². The average molecular weight is 305 g/mol. The molecule has 2 rings (SSSR count). The van der Waals surface area contributed by atoms with E-state index in [2.05, 4.69) is 11.5 Å². The lowest BCUT2D eigenvalue weighted by molar-refractivity contribution is -0.137. The first kappa shape index (κ1) is 16.1. The number of para-hydroxylation sites is 1. The molecular weight excluding hydrogens is 287 g/mol. The van der Waals surface area contributed by atoms with Crippen molar-refractivity contribution in [2.75, 3.05) is 18.5 Å². The van der Waals surface area contributed by atoms with Crippen LogP contribution in [0.25, 0.3) is 0 Å². The van der Waals surface area contributed by atoms with Gasteiger partial charge in [-0.3, -0.25) is 0 Å². The Morgan fingerprint density at radius 2 is 1.64 bits per heavy atom. The molecule has 0 N–H and O–H groups in total. The number of alkyl halides is 3. The van der Waals surface area contributed by atoms with E-state index in [1.807, 2.05) is 37.4 Å². The molecule has 0 aliphatic rings. The Bertz CT molecular complexity index is 602. The Kier molecular flexibility index (Phi) is 4.91. The van der Waals surface area contributed by atoms with Gasteiger partial charge in [0, 0.05) is 25.2 Å². The highest BCUT2D eigenvalue weighted by Gasteiger charge is 2.30. The summed E-state index contributed by atoms with van der Waals surface area (Å²) in [5.74, 6) is -0.0347. The monoisotopic (exact) mass is 305 g/mol. The van der Waals surface area contributed by atoms with Crippen molar-refractivity contribution < 1.29 is 13.2 Å². The number of likely N-dealkylation sites (N-methyl/N-ethyl adjacent to an activating group) is 1. The van der Waals surface area contributed by atoms with E-state index in [0.29, 0.717) is 6.54 Å². The van der Waals surface area contributed by atoms with Gasteiger partial charge in [-0.05, 0) is 29.8 Å². The molecule has 4 heteroatoms. The van der Waals surface area contributed by atoms with E-state index in [0.717, 1.165) is 23.4 Å². The highest BCUT2D eigenvalue weighted by atomic mass is 19.4. The number of anilines is 1. The molecule has 22 heavy (non-hydrogen) atoms. The van der Waals surface area contributed by atoms with Gasteiger partial charge in [0.15, 0.2) is 0 Å². The van der Waals surface area contributed by atoms with Crippen LogP contribution in [0.5, 0.6) is 0 Å². The second-order valence-electron chi connectivity index (χ2n) is 5.18. The molecule has 0 heterocycles. The summed E-state index contributed by atoms with van der Waals surface area (Å²) in [6.45, 7) is 4.46. The van der Waals surface area contributed by atoms with E-state index in [1.165, 1.54) is 12.1 Å². The Labute approximate surface area is 128 Å². The largest absolute Gasteiger partial charge is 0.416 e. The van der Waals surface area contributed by atoms with Crippen LogP contribution in [0.2, 0.25) is 0 Å². The van der Waals surface area contributed by atoms with Gasteiger partial charge in [-0.25, -0.2) is 0 Å². The molecule has 0 unspecified atom stereocenters. The lowest BCUT2D eigenvalue weighted by Gasteiger charge is -2.24. The fourth-order valence-corrected chi connectivity index (χ4v) is 2.32. The number of benzene rings is 2. The van der Waals surface area contributed by atoms with Crippen LogP contribution in [0.4, 0.5) is 18.9 Å². The number of hydrogen-bond acceptors (Lipinski definition) is 1. The third-order valence-corrected chi connectivity index (χ3v) is 3.62. The molecule has 116 valence electrons. The minimum absolute atomic E-state index is 0.0347. The van der Waals surface area contributed by atoms with Crippen LogP contribution in [-0.2, 0) is 6.18 Å². The maximum Gasteiger partial charge on any atom is 0.416 e. The predicted octanol–water partition coefficient (Wildman–Crippen LogP) is 5.11. The first-order valence-corrected chi connectivity index (χ1v) is 6.97. The topological polar surface area (TPSA) is 3.24 Å². The molecule has 0 aliphatic heterocycles. The molecule has 2 aromatic carbocycles. The lowest BCUT2D eigenvalue weighted by atomic mass is 9.97. The zero-order chi connectivity index (χ0) is 16.2. The molecule has 1 nitrogen and oxygen atoms in total. The molecule has 0 saturated carbocycles. The maximum absolute atomic E-state index is 12.6. The molecule has 0 bridgehead atoms. The average Bonchev–Trinajstić information content (AvgIpc) is 2.52. The van der Waals surface area contributed by atoms with Gasteiger partial charge in [-0.15, -0.1) is 6.58 Å². The summed E-state index contributed by atoms with van der Waals surface area (Å²) in [5.41, 5.74) is 1.25. The van der Waals surface area contributed by atoms with Crippen LogP contribution < -0.4 is 4.90 Å². The van der Waals surface area contributed by atoms with Gasteiger partial charge in [0.05, 0.1) is 5.56 Å². The van der Waals surface area contributed by atoms with E-state index in [9.17, 15) is 13.2 Å². The van der Waals surface area contributed by atoms with Crippen LogP contribution in [0, 0.1) is 0 Å². The second kappa shape index (κ2) is 6.69. The molecule has 0 fully saturated rings. The summed E-state index contributed by atoms with van der Waals surface area (Å²) in [7, 11) is 1.95. The summed E-state index contributed by atoms with van der Waals surface area (Å²) in [5, 5.41) is 0. The summed E-state index contributed by atoms with van der Waals surface area (Å²) >= 11 is 0. The van der Waals surface area contributed by atoms with E-state index in [4.69, 9.17) is 0 Å². The second-order valence-corrected chi connectivity index (χ2v) is 5.18. The number of rotatable bonds is 5. The van der Waals surface area contributed by atoms with Crippen molar-refractivity contribution in [2.45, 2.75) is 12.1 Å². The first-order valence-electron chi connectivity index (χ1n) is 6.97. The van der Waals surface area contributed by atoms with Crippen LogP contribution in [0.3, 0.4) is 0 Å². The van der Waals surface area contributed by atoms with Crippen molar-refractivity contribution in [3.63, 3.8) is 0 Å². The summed E-state index contributed by atoms with van der Waals surface area (Å²) in [4.78, 5) is 2.06. The molecule has 2 aromatic rings. The van der Waals surface area contributed by atoms with E-state index < -0.39 is 11.7 Å². The lowest BCUT2D eigenvalue weighted by Crippen LogP contribution is -2.23. The summed E-state index contributed by atoms with van der Waals surface area (Å²) < 4.78 is 37.8. The first-order chi connectivity index (χ1) is 10.4. The van der Waals surface area contributed by atoms with Crippen molar-refractivity contribution in [1.29, 1.82) is 0 Å². The van der Waals surface area contributed by atoms with Crippen LogP contribution in [0.15, 0.2) is 67.3 Å². The zero-order valence-electron chi connectivity index (χ0n) is 12.3. The van der Waals surface area contributed by atoms with Crippen molar-refractivity contribution in [1.82, 2.24) is 0 Å². The minimum Gasteiger partial charge on any atom is -0.374 e. The molecule has 0 spiro atoms. The van der Waals surface area contributed by atoms with Gasteiger partial charge < -0.3 is 4.90 Å². The molecular formula is C18H18F3N. The Morgan fingerprint density at radius 3 is 2.14 bits per heavy atom. The van der Waals surface area contributed by atoms with Crippen molar-refractivity contribution >= 4 is 5.69 Å². The minimum atomic E-state index is -4.30. The molecule has 0 aromatic heterocycles. The maximum atomic E-state index is 12.6. The van der Waals surface area contributed by atoms with E-state index in [-0.39, 0.29) is 5.92 Å². The molecule has 0 radical (unpaired) electrons. The van der Waals surface area contributed by atoms with Crippen molar-refractivity contribution in [3.8, 4) is 0 Å². The van der Waals surface area contributed by atoms with Gasteiger partial charge >= 0.3 is 6.18 Å². The molecule has 0 aliphatic carbocycles. The molecule has 1 atom stereocenters. The van der Waals surface area contributed by atoms with Gasteiger partial charge in [0.2, 0.25) is 0 Å². The molecule has 0 amide bonds. The third-order valence-electron chi connectivity index (χ3n) is 3.62. The third kappa shape index (κ3) is 3.91. The Balaban J connectivity index is 2.13. The molecule has 0 saturated heterocycles. The van der Waals surface area contributed by atoms with Gasteiger partial charge in [0.1, 0.15) is 0 Å². The Morgan fingerprint density at radius 1 is 1.05 bits per heavy atom. The highest BCUT2D eigenvalue weighted by Crippen LogP contribution is 2.30. The van der Waals surface area contributed by atoms with Gasteiger partial charge in [0.25, 0.3) is 0 Å². The standard InChI is InChI=1S/C18H18F3N/c1-3-14(13-22(2)17-7-5-4-6-8-17)15-9-11-16(12-10-15)18(19,20)21/h3-12,14H,1,13H2,2H3/t14-/m0/s1. The summed E-state index contributed by atoms with van der Waals surface area (Å²) in [6, 6.07) is 15.1. The van der Waals surface area contributed by atoms with Crippen LogP contribution in [-0.4, -0.2) is 13.6 Å². The van der Waals surface area contributed by atoms with Gasteiger partial charge in [-0.2, -0.15) is 13.2 Å². The fourth-order valence-electron chi connectivity index (χ4n) is 2.32. The Hall–Kier alpha value is -2.23. The summed E-state index contributed by atoms with van der Waals surface area (Å²) in [6.07, 6.45) is -2.54. The van der Waals surface area contributed by atoms with Crippen LogP contribution >= 0.6 is 0 Å². The smallest absolute Gasteiger partial charge is 0.374 e. The normalized spacial score (nSPS) is 12.7. The number of nitrogens with zero attached hydrogens (tertiary/aromatic N) is 1. The zero-order valence-corrected chi connectivity index (χ0v) is 12.3. The number of halogens is 3. The SMILES string of the molecule is C=C[C@@H](CN(C)c1ccccc1)c1ccc(C(F)(F)F)cc1. The van der Waals surface area contributed by atoms with E-state index >= 15 is 0 Å². The number of hydrogen-bond donors (Lipinski definition) is 0.